The average molecular weight is 264 g/mol. The Kier molecular flexibility index (Phi) is 4.31. The van der Waals surface area contributed by atoms with Crippen molar-refractivity contribution in [2.75, 3.05) is 6.54 Å². The molecule has 0 aliphatic heterocycles. The molecule has 72 valence electrons. The number of rotatable bonds is 4. The maximum absolute atomic E-state index is 11.3. The summed E-state index contributed by atoms with van der Waals surface area (Å²) in [6, 6.07) is 0. The van der Waals surface area contributed by atoms with Crippen LogP contribution in [0.15, 0.2) is 5.38 Å². The third-order valence-electron chi connectivity index (χ3n) is 1.52. The Hall–Kier alpha value is -0.490. The Bertz CT molecular complexity index is 265. The van der Waals surface area contributed by atoms with Crippen molar-refractivity contribution in [1.82, 2.24) is 14.9 Å². The second-order valence-electron chi connectivity index (χ2n) is 2.51. The van der Waals surface area contributed by atoms with Crippen LogP contribution in [0, 0.1) is 0 Å². The van der Waals surface area contributed by atoms with Crippen LogP contribution in [0.1, 0.15) is 23.8 Å². The lowest BCUT2D eigenvalue weighted by molar-refractivity contribution is 0.0949. The zero-order chi connectivity index (χ0) is 9.68. The normalized spacial score (nSPS) is 12.5. The first-order valence-electron chi connectivity index (χ1n) is 3.93. The quantitative estimate of drug-likeness (QED) is 0.837. The van der Waals surface area contributed by atoms with Crippen molar-refractivity contribution in [3.05, 3.63) is 11.1 Å². The molecule has 0 aliphatic rings. The van der Waals surface area contributed by atoms with Gasteiger partial charge in [-0.25, -0.2) is 0 Å². The van der Waals surface area contributed by atoms with Crippen molar-refractivity contribution in [2.45, 2.75) is 18.2 Å². The standard InChI is InChI=1S/C7H10BrN3OS/c1-2-5(8)3-9-7(12)6-4-13-11-10-6/h4-5H,2-3H2,1H3,(H,9,12). The fourth-order valence-electron chi connectivity index (χ4n) is 0.702. The van der Waals surface area contributed by atoms with E-state index in [1.165, 1.54) is 11.5 Å². The summed E-state index contributed by atoms with van der Waals surface area (Å²) in [6.07, 6.45) is 0.982. The summed E-state index contributed by atoms with van der Waals surface area (Å²) in [5, 5.41) is 8.04. The number of hydrogen-bond acceptors (Lipinski definition) is 4. The molecule has 0 radical (unpaired) electrons. The number of alkyl halides is 1. The van der Waals surface area contributed by atoms with E-state index in [0.717, 1.165) is 6.42 Å². The lowest BCUT2D eigenvalue weighted by Crippen LogP contribution is -2.29. The van der Waals surface area contributed by atoms with E-state index in [4.69, 9.17) is 0 Å². The van der Waals surface area contributed by atoms with Crippen molar-refractivity contribution in [1.29, 1.82) is 0 Å². The molecule has 0 fully saturated rings. The Morgan fingerprint density at radius 2 is 2.62 bits per heavy atom. The lowest BCUT2D eigenvalue weighted by Gasteiger charge is -2.06. The van der Waals surface area contributed by atoms with Gasteiger partial charge in [-0.1, -0.05) is 27.3 Å². The smallest absolute Gasteiger partial charge is 0.272 e. The predicted molar refractivity (Wildman–Crippen MR) is 55.2 cm³/mol. The van der Waals surface area contributed by atoms with E-state index >= 15 is 0 Å². The van der Waals surface area contributed by atoms with Gasteiger partial charge in [-0.2, -0.15) is 0 Å². The number of aromatic nitrogens is 2. The summed E-state index contributed by atoms with van der Waals surface area (Å²) in [6.45, 7) is 2.67. The van der Waals surface area contributed by atoms with Crippen LogP contribution in [-0.4, -0.2) is 26.9 Å². The van der Waals surface area contributed by atoms with Gasteiger partial charge in [0, 0.05) is 16.8 Å². The highest BCUT2D eigenvalue weighted by Crippen LogP contribution is 2.02. The van der Waals surface area contributed by atoms with Crippen LogP contribution >= 0.6 is 27.5 Å². The molecular weight excluding hydrogens is 254 g/mol. The first-order chi connectivity index (χ1) is 6.24. The van der Waals surface area contributed by atoms with Gasteiger partial charge in [-0.05, 0) is 18.0 Å². The monoisotopic (exact) mass is 263 g/mol. The van der Waals surface area contributed by atoms with Crippen LogP contribution in [0.2, 0.25) is 0 Å². The summed E-state index contributed by atoms with van der Waals surface area (Å²) in [7, 11) is 0. The molecule has 0 bridgehead atoms. The Labute approximate surface area is 89.0 Å². The van der Waals surface area contributed by atoms with Crippen molar-refractivity contribution in [2.24, 2.45) is 0 Å². The number of carbonyl (C=O) groups excluding carboxylic acids is 1. The number of halogens is 1. The molecular formula is C7H10BrN3OS. The molecule has 6 heteroatoms. The molecule has 0 saturated carbocycles. The average Bonchev–Trinajstić information content (AvgIpc) is 2.66. The SMILES string of the molecule is CCC(Br)CNC(=O)c1csnn1. The van der Waals surface area contributed by atoms with E-state index in [-0.39, 0.29) is 5.91 Å². The van der Waals surface area contributed by atoms with Crippen molar-refractivity contribution >= 4 is 33.4 Å². The molecule has 0 saturated heterocycles. The Morgan fingerprint density at radius 1 is 1.85 bits per heavy atom. The summed E-state index contributed by atoms with van der Waals surface area (Å²) in [5.41, 5.74) is 0.390. The highest BCUT2D eigenvalue weighted by molar-refractivity contribution is 9.09. The van der Waals surface area contributed by atoms with Gasteiger partial charge >= 0.3 is 0 Å². The molecule has 4 nitrogen and oxygen atoms in total. The first kappa shape index (κ1) is 10.6. The first-order valence-corrected chi connectivity index (χ1v) is 5.68. The molecule has 1 aromatic heterocycles. The number of nitrogens with zero attached hydrogens (tertiary/aromatic N) is 2. The molecule has 1 heterocycles. The van der Waals surface area contributed by atoms with E-state index in [1.807, 2.05) is 0 Å². The molecule has 1 atom stereocenters. The summed E-state index contributed by atoms with van der Waals surface area (Å²) in [4.78, 5) is 11.6. The number of nitrogens with one attached hydrogen (secondary N) is 1. The molecule has 1 N–H and O–H groups in total. The number of carbonyl (C=O) groups is 1. The van der Waals surface area contributed by atoms with Gasteiger partial charge in [0.05, 0.1) is 0 Å². The molecule has 1 rings (SSSR count). The summed E-state index contributed by atoms with van der Waals surface area (Å²) in [5.74, 6) is -0.161. The Morgan fingerprint density at radius 3 is 3.15 bits per heavy atom. The molecule has 1 unspecified atom stereocenters. The minimum absolute atomic E-state index is 0.161. The maximum atomic E-state index is 11.3. The zero-order valence-corrected chi connectivity index (χ0v) is 9.56. The van der Waals surface area contributed by atoms with Crippen LogP contribution in [-0.2, 0) is 0 Å². The molecule has 0 spiro atoms. The second-order valence-corrected chi connectivity index (χ2v) is 4.41. The van der Waals surface area contributed by atoms with Crippen LogP contribution in [0.3, 0.4) is 0 Å². The maximum Gasteiger partial charge on any atom is 0.272 e. The van der Waals surface area contributed by atoms with Gasteiger partial charge < -0.3 is 5.32 Å². The van der Waals surface area contributed by atoms with E-state index in [0.29, 0.717) is 17.1 Å². The minimum atomic E-state index is -0.161. The number of amides is 1. The van der Waals surface area contributed by atoms with Gasteiger partial charge in [-0.3, -0.25) is 4.79 Å². The third kappa shape index (κ3) is 3.40. The molecule has 0 aliphatic carbocycles. The highest BCUT2D eigenvalue weighted by atomic mass is 79.9. The zero-order valence-electron chi connectivity index (χ0n) is 7.16. The van der Waals surface area contributed by atoms with Gasteiger partial charge in [-0.15, -0.1) is 5.10 Å². The van der Waals surface area contributed by atoms with Crippen LogP contribution in [0.25, 0.3) is 0 Å². The van der Waals surface area contributed by atoms with Gasteiger partial charge in [0.1, 0.15) is 0 Å². The van der Waals surface area contributed by atoms with Crippen molar-refractivity contribution < 1.29 is 4.79 Å². The minimum Gasteiger partial charge on any atom is -0.349 e. The molecule has 13 heavy (non-hydrogen) atoms. The van der Waals surface area contributed by atoms with Gasteiger partial charge in [0.2, 0.25) is 0 Å². The predicted octanol–water partition coefficient (Wildman–Crippen LogP) is 1.44. The lowest BCUT2D eigenvalue weighted by atomic mass is 10.3. The summed E-state index contributed by atoms with van der Waals surface area (Å²) >= 11 is 4.59. The fourth-order valence-corrected chi connectivity index (χ4v) is 1.30. The van der Waals surface area contributed by atoms with E-state index in [2.05, 4.69) is 37.8 Å². The van der Waals surface area contributed by atoms with Crippen LogP contribution < -0.4 is 5.32 Å². The largest absolute Gasteiger partial charge is 0.349 e. The van der Waals surface area contributed by atoms with Crippen LogP contribution in [0.4, 0.5) is 0 Å². The Balaban J connectivity index is 2.35. The summed E-state index contributed by atoms with van der Waals surface area (Å²) < 4.78 is 3.61. The molecule has 1 amide bonds. The van der Waals surface area contributed by atoms with Crippen LogP contribution in [0.5, 0.6) is 0 Å². The number of hydrogen-bond donors (Lipinski definition) is 1. The van der Waals surface area contributed by atoms with Gasteiger partial charge in [0.25, 0.3) is 5.91 Å². The van der Waals surface area contributed by atoms with E-state index < -0.39 is 0 Å². The second kappa shape index (κ2) is 5.29. The highest BCUT2D eigenvalue weighted by Gasteiger charge is 2.09. The van der Waals surface area contributed by atoms with E-state index in [9.17, 15) is 4.79 Å². The molecule has 1 aromatic rings. The third-order valence-corrected chi connectivity index (χ3v) is 3.00. The van der Waals surface area contributed by atoms with Gasteiger partial charge in [0.15, 0.2) is 5.69 Å². The topological polar surface area (TPSA) is 54.9 Å². The molecule has 0 aromatic carbocycles. The van der Waals surface area contributed by atoms with E-state index in [1.54, 1.807) is 5.38 Å². The van der Waals surface area contributed by atoms with Crippen molar-refractivity contribution in [3.8, 4) is 0 Å². The van der Waals surface area contributed by atoms with Crippen molar-refractivity contribution in [3.63, 3.8) is 0 Å². The fraction of sp³-hybridized carbons (Fsp3) is 0.571.